The first-order valence-electron chi connectivity index (χ1n) is 4.72. The van der Waals surface area contributed by atoms with Gasteiger partial charge in [-0.05, 0) is 18.1 Å². The molecular weight excluding hydrogens is 212 g/mol. The third-order valence-electron chi connectivity index (χ3n) is 2.20. The predicted octanol–water partition coefficient (Wildman–Crippen LogP) is 2.10. The second kappa shape index (κ2) is 3.98. The van der Waals surface area contributed by atoms with Crippen molar-refractivity contribution in [3.8, 4) is 0 Å². The minimum Gasteiger partial charge on any atom is -0.343 e. The van der Waals surface area contributed by atoms with Crippen molar-refractivity contribution in [2.75, 3.05) is 0 Å². The highest BCUT2D eigenvalue weighted by Gasteiger charge is 2.09. The van der Waals surface area contributed by atoms with Crippen molar-refractivity contribution in [3.63, 3.8) is 0 Å². The van der Waals surface area contributed by atoms with E-state index in [-0.39, 0.29) is 0 Å². The molecule has 0 amide bonds. The van der Waals surface area contributed by atoms with Crippen molar-refractivity contribution in [3.05, 3.63) is 28.9 Å². The number of aromatic amines is 1. The van der Waals surface area contributed by atoms with Gasteiger partial charge in [-0.2, -0.15) is 4.98 Å². The van der Waals surface area contributed by atoms with Crippen LogP contribution in [0, 0.1) is 4.77 Å². The summed E-state index contributed by atoms with van der Waals surface area (Å²) in [6, 6.07) is 0. The Kier molecular flexibility index (Phi) is 2.68. The highest BCUT2D eigenvalue weighted by Crippen LogP contribution is 2.15. The van der Waals surface area contributed by atoms with Gasteiger partial charge < -0.3 is 14.1 Å². The van der Waals surface area contributed by atoms with Gasteiger partial charge in [0.05, 0.1) is 6.54 Å². The maximum absolute atomic E-state index is 5.19. The van der Waals surface area contributed by atoms with Crippen molar-refractivity contribution in [2.45, 2.75) is 26.3 Å². The first kappa shape index (κ1) is 10.1. The van der Waals surface area contributed by atoms with E-state index in [4.69, 9.17) is 12.2 Å². The summed E-state index contributed by atoms with van der Waals surface area (Å²) in [4.78, 5) is 7.00. The van der Waals surface area contributed by atoms with Gasteiger partial charge >= 0.3 is 0 Å². The Morgan fingerprint density at radius 2 is 2.40 bits per heavy atom. The summed E-state index contributed by atoms with van der Waals surface area (Å²) in [6.07, 6.45) is 3.24. The van der Waals surface area contributed by atoms with Gasteiger partial charge in [0.1, 0.15) is 0 Å². The van der Waals surface area contributed by atoms with Gasteiger partial charge in [0.15, 0.2) is 10.6 Å². The first-order valence-corrected chi connectivity index (χ1v) is 5.12. The summed E-state index contributed by atoms with van der Waals surface area (Å²) in [7, 11) is 0. The molecule has 2 aromatic heterocycles. The number of nitrogens with one attached hydrogen (secondary N) is 1. The molecule has 0 bridgehead atoms. The van der Waals surface area contributed by atoms with Crippen molar-refractivity contribution in [1.82, 2.24) is 19.7 Å². The van der Waals surface area contributed by atoms with E-state index in [1.807, 2.05) is 10.8 Å². The van der Waals surface area contributed by atoms with Crippen molar-refractivity contribution >= 4 is 12.2 Å². The molecule has 2 aromatic rings. The molecule has 0 aliphatic rings. The van der Waals surface area contributed by atoms with Crippen LogP contribution in [-0.2, 0) is 6.54 Å². The Balaban J connectivity index is 2.35. The number of hydrogen-bond acceptors (Lipinski definition) is 4. The van der Waals surface area contributed by atoms with Crippen LogP contribution >= 0.6 is 12.2 Å². The molecule has 0 spiro atoms. The second-order valence-corrected chi connectivity index (χ2v) is 3.99. The molecule has 0 aliphatic carbocycles. The SMILES string of the molecule is CC(C)c1c[nH]c(=S)n1Cc1ncon1. The van der Waals surface area contributed by atoms with E-state index in [1.165, 1.54) is 6.39 Å². The van der Waals surface area contributed by atoms with Crippen LogP contribution in [0.2, 0.25) is 0 Å². The molecule has 2 heterocycles. The standard InChI is InChI=1S/C9H12N4OS/c1-6(2)7-3-10-9(15)13(7)4-8-11-5-14-12-8/h3,5-6H,4H2,1-2H3,(H,10,15). The fourth-order valence-electron chi connectivity index (χ4n) is 1.45. The lowest BCUT2D eigenvalue weighted by Crippen LogP contribution is -2.06. The molecule has 0 fully saturated rings. The molecular formula is C9H12N4OS. The lowest BCUT2D eigenvalue weighted by atomic mass is 10.1. The normalized spacial score (nSPS) is 11.1. The summed E-state index contributed by atoms with van der Waals surface area (Å²) in [5, 5.41) is 3.77. The van der Waals surface area contributed by atoms with Gasteiger partial charge in [-0.15, -0.1) is 0 Å². The smallest absolute Gasteiger partial charge is 0.213 e. The zero-order chi connectivity index (χ0) is 10.8. The minimum atomic E-state index is 0.407. The molecule has 0 saturated heterocycles. The van der Waals surface area contributed by atoms with Crippen LogP contribution in [0.1, 0.15) is 31.3 Å². The molecule has 0 atom stereocenters. The van der Waals surface area contributed by atoms with Gasteiger partial charge in [-0.25, -0.2) is 0 Å². The Morgan fingerprint density at radius 3 is 3.00 bits per heavy atom. The van der Waals surface area contributed by atoms with Crippen molar-refractivity contribution in [1.29, 1.82) is 0 Å². The third-order valence-corrected chi connectivity index (χ3v) is 2.54. The van der Waals surface area contributed by atoms with E-state index in [0.29, 0.717) is 23.1 Å². The van der Waals surface area contributed by atoms with E-state index < -0.39 is 0 Å². The number of imidazole rings is 1. The molecule has 1 N–H and O–H groups in total. The monoisotopic (exact) mass is 224 g/mol. The molecule has 0 radical (unpaired) electrons. The topological polar surface area (TPSA) is 59.6 Å². The molecule has 0 aliphatic heterocycles. The first-order chi connectivity index (χ1) is 7.18. The Hall–Kier alpha value is -1.43. The summed E-state index contributed by atoms with van der Waals surface area (Å²) in [5.41, 5.74) is 1.14. The highest BCUT2D eigenvalue weighted by molar-refractivity contribution is 7.71. The fourth-order valence-corrected chi connectivity index (χ4v) is 1.68. The number of hydrogen-bond donors (Lipinski definition) is 1. The molecule has 5 nitrogen and oxygen atoms in total. The molecule has 80 valence electrons. The zero-order valence-electron chi connectivity index (χ0n) is 8.60. The molecule has 0 unspecified atom stereocenters. The molecule has 0 saturated carbocycles. The summed E-state index contributed by atoms with van der Waals surface area (Å²) in [6.45, 7) is 4.78. The number of aromatic nitrogens is 4. The van der Waals surface area contributed by atoms with Crippen LogP contribution in [0.25, 0.3) is 0 Å². The van der Waals surface area contributed by atoms with E-state index in [9.17, 15) is 0 Å². The average Bonchev–Trinajstić information content (AvgIpc) is 2.78. The van der Waals surface area contributed by atoms with Gasteiger partial charge in [0.2, 0.25) is 6.39 Å². The Bertz CT molecular complexity index is 482. The highest BCUT2D eigenvalue weighted by atomic mass is 32.1. The number of H-pyrrole nitrogens is 1. The van der Waals surface area contributed by atoms with E-state index in [1.54, 1.807) is 0 Å². The van der Waals surface area contributed by atoms with Gasteiger partial charge in [-0.3, -0.25) is 0 Å². The average molecular weight is 224 g/mol. The quantitative estimate of drug-likeness (QED) is 0.811. The summed E-state index contributed by atoms with van der Waals surface area (Å²) >= 11 is 5.19. The fraction of sp³-hybridized carbons (Fsp3) is 0.444. The molecule has 0 aromatic carbocycles. The maximum atomic E-state index is 5.19. The lowest BCUT2D eigenvalue weighted by Gasteiger charge is -2.08. The van der Waals surface area contributed by atoms with Gasteiger partial charge in [-0.1, -0.05) is 19.0 Å². The third kappa shape index (κ3) is 1.99. The van der Waals surface area contributed by atoms with Crippen LogP contribution in [0.5, 0.6) is 0 Å². The number of nitrogens with zero attached hydrogens (tertiary/aromatic N) is 3. The maximum Gasteiger partial charge on any atom is 0.213 e. The van der Waals surface area contributed by atoms with Gasteiger partial charge in [0.25, 0.3) is 0 Å². The molecule has 6 heteroatoms. The summed E-state index contributed by atoms with van der Waals surface area (Å²) in [5.74, 6) is 1.04. The van der Waals surface area contributed by atoms with Crippen LogP contribution in [0.3, 0.4) is 0 Å². The lowest BCUT2D eigenvalue weighted by molar-refractivity contribution is 0.407. The van der Waals surface area contributed by atoms with Crippen LogP contribution in [-0.4, -0.2) is 19.7 Å². The second-order valence-electron chi connectivity index (χ2n) is 3.61. The van der Waals surface area contributed by atoms with Crippen LogP contribution in [0.4, 0.5) is 0 Å². The summed E-state index contributed by atoms with van der Waals surface area (Å²) < 4.78 is 7.35. The Morgan fingerprint density at radius 1 is 1.60 bits per heavy atom. The van der Waals surface area contributed by atoms with Crippen LogP contribution in [0.15, 0.2) is 17.1 Å². The minimum absolute atomic E-state index is 0.407. The van der Waals surface area contributed by atoms with E-state index in [0.717, 1.165) is 5.69 Å². The van der Waals surface area contributed by atoms with E-state index >= 15 is 0 Å². The number of rotatable bonds is 3. The zero-order valence-corrected chi connectivity index (χ0v) is 9.41. The van der Waals surface area contributed by atoms with Crippen molar-refractivity contribution in [2.24, 2.45) is 0 Å². The van der Waals surface area contributed by atoms with Gasteiger partial charge in [0, 0.05) is 11.9 Å². The predicted molar refractivity (Wildman–Crippen MR) is 57.1 cm³/mol. The molecule has 2 rings (SSSR count). The Labute approximate surface area is 92.1 Å². The van der Waals surface area contributed by atoms with Crippen molar-refractivity contribution < 1.29 is 4.52 Å². The van der Waals surface area contributed by atoms with Crippen LogP contribution < -0.4 is 0 Å². The molecule has 15 heavy (non-hydrogen) atoms. The largest absolute Gasteiger partial charge is 0.343 e. The van der Waals surface area contributed by atoms with E-state index in [2.05, 4.69) is 33.5 Å².